The molecule has 0 N–H and O–H groups in total. The van der Waals surface area contributed by atoms with Crippen LogP contribution in [0, 0.1) is 0 Å². The van der Waals surface area contributed by atoms with Crippen molar-refractivity contribution < 1.29 is 9.26 Å². The third kappa shape index (κ3) is 3.22. The molecule has 1 aliphatic rings. The van der Waals surface area contributed by atoms with Gasteiger partial charge >= 0.3 is 0 Å². The zero-order valence-corrected chi connectivity index (χ0v) is 12.1. The normalized spacial score (nSPS) is 14.2. The maximum atomic E-state index is 5.82. The molecule has 7 heteroatoms. The van der Waals surface area contributed by atoms with Crippen LogP contribution in [-0.2, 0) is 6.54 Å². The molecule has 0 spiro atoms. The van der Waals surface area contributed by atoms with Gasteiger partial charge in [0.2, 0.25) is 11.7 Å². The second-order valence-electron chi connectivity index (χ2n) is 4.42. The molecule has 3 rings (SSSR count). The van der Waals surface area contributed by atoms with Gasteiger partial charge in [0.05, 0.1) is 24.9 Å². The van der Waals surface area contributed by atoms with E-state index in [2.05, 4.69) is 15.2 Å². The minimum atomic E-state index is 0.445. The first kappa shape index (κ1) is 13.6. The van der Waals surface area contributed by atoms with Crippen LogP contribution in [-0.4, -0.2) is 35.0 Å². The Kier molecular flexibility index (Phi) is 3.87. The fraction of sp³-hybridized carbons (Fsp3) is 0.214. The van der Waals surface area contributed by atoms with Crippen LogP contribution in [0.1, 0.15) is 5.89 Å². The summed E-state index contributed by atoms with van der Waals surface area (Å²) < 4.78 is 10.4. The lowest BCUT2D eigenvalue weighted by Crippen LogP contribution is -2.20. The Hall–Kier alpha value is -2.34. The summed E-state index contributed by atoms with van der Waals surface area (Å²) in [6, 6.07) is 7.48. The molecule has 108 valence electrons. The number of allylic oxidation sites excluding steroid dienone is 1. The number of methoxy groups -OCH3 is 1. The molecule has 0 saturated heterocycles. The largest absolute Gasteiger partial charge is 0.497 e. The third-order valence-corrected chi connectivity index (χ3v) is 3.23. The highest BCUT2D eigenvalue weighted by molar-refractivity contribution is 6.39. The minimum absolute atomic E-state index is 0.445. The predicted octanol–water partition coefficient (Wildman–Crippen LogP) is 2.67. The number of benzene rings is 1. The van der Waals surface area contributed by atoms with Crippen molar-refractivity contribution in [2.45, 2.75) is 6.54 Å². The maximum absolute atomic E-state index is 5.82. The Morgan fingerprint density at radius 1 is 1.33 bits per heavy atom. The standard InChI is InChI=1S/C14H13ClN4O2/c1-20-12-4-2-10(3-5-12)14-17-13(21-18-14)9-19-7-6-11(15)8-16-19/h2-6,8H,7,9H2,1H3. The molecule has 0 atom stereocenters. The zero-order chi connectivity index (χ0) is 14.7. The van der Waals surface area contributed by atoms with Crippen LogP contribution in [0.2, 0.25) is 0 Å². The fourth-order valence-electron chi connectivity index (χ4n) is 1.87. The third-order valence-electron chi connectivity index (χ3n) is 2.98. The van der Waals surface area contributed by atoms with E-state index in [1.54, 1.807) is 18.3 Å². The monoisotopic (exact) mass is 304 g/mol. The second kappa shape index (κ2) is 5.97. The molecule has 2 heterocycles. The van der Waals surface area contributed by atoms with Crippen molar-refractivity contribution in [1.82, 2.24) is 15.1 Å². The number of rotatable bonds is 4. The smallest absolute Gasteiger partial charge is 0.248 e. The lowest BCUT2D eigenvalue weighted by molar-refractivity contribution is 0.255. The van der Waals surface area contributed by atoms with Gasteiger partial charge in [-0.25, -0.2) is 0 Å². The molecule has 2 aromatic rings. The zero-order valence-electron chi connectivity index (χ0n) is 11.4. The summed E-state index contributed by atoms with van der Waals surface area (Å²) in [6.07, 6.45) is 3.46. The van der Waals surface area contributed by atoms with Crippen molar-refractivity contribution in [2.75, 3.05) is 13.7 Å². The molecular formula is C14H13ClN4O2. The average molecular weight is 305 g/mol. The van der Waals surface area contributed by atoms with E-state index in [9.17, 15) is 0 Å². The van der Waals surface area contributed by atoms with Gasteiger partial charge in [-0.05, 0) is 30.3 Å². The summed E-state index contributed by atoms with van der Waals surface area (Å²) >= 11 is 5.82. The van der Waals surface area contributed by atoms with Crippen molar-refractivity contribution in [3.63, 3.8) is 0 Å². The van der Waals surface area contributed by atoms with Gasteiger partial charge in [0.15, 0.2) is 0 Å². The van der Waals surface area contributed by atoms with E-state index in [0.29, 0.717) is 29.8 Å². The average Bonchev–Trinajstić information content (AvgIpc) is 2.98. The van der Waals surface area contributed by atoms with Crippen LogP contribution in [0.3, 0.4) is 0 Å². The summed E-state index contributed by atoms with van der Waals surface area (Å²) in [4.78, 5) is 4.36. The molecule has 0 bridgehead atoms. The molecule has 0 aliphatic carbocycles. The van der Waals surface area contributed by atoms with Gasteiger partial charge < -0.3 is 9.26 Å². The molecular weight excluding hydrogens is 292 g/mol. The number of nitrogens with zero attached hydrogens (tertiary/aromatic N) is 4. The van der Waals surface area contributed by atoms with Crippen LogP contribution < -0.4 is 4.74 Å². The minimum Gasteiger partial charge on any atom is -0.497 e. The Balaban J connectivity index is 1.69. The molecule has 0 unspecified atom stereocenters. The molecule has 0 fully saturated rings. The Bertz CT molecular complexity index is 679. The summed E-state index contributed by atoms with van der Waals surface area (Å²) in [6.45, 7) is 1.07. The van der Waals surface area contributed by atoms with Crippen molar-refractivity contribution >= 4 is 17.8 Å². The number of hydrazone groups is 1. The molecule has 0 radical (unpaired) electrons. The van der Waals surface area contributed by atoms with Crippen molar-refractivity contribution in [3.8, 4) is 17.1 Å². The van der Waals surface area contributed by atoms with Crippen LogP contribution in [0.5, 0.6) is 5.75 Å². The second-order valence-corrected chi connectivity index (χ2v) is 4.86. The number of halogens is 1. The number of aromatic nitrogens is 2. The van der Waals surface area contributed by atoms with Crippen LogP contribution in [0.4, 0.5) is 0 Å². The lowest BCUT2D eigenvalue weighted by atomic mass is 10.2. The van der Waals surface area contributed by atoms with E-state index in [4.69, 9.17) is 20.9 Å². The summed E-state index contributed by atoms with van der Waals surface area (Å²) in [5, 5.41) is 10.6. The van der Waals surface area contributed by atoms with E-state index in [1.807, 2.05) is 30.3 Å². The van der Waals surface area contributed by atoms with Crippen molar-refractivity contribution in [3.05, 3.63) is 41.3 Å². The van der Waals surface area contributed by atoms with E-state index < -0.39 is 0 Å². The van der Waals surface area contributed by atoms with E-state index >= 15 is 0 Å². The van der Waals surface area contributed by atoms with E-state index in [-0.39, 0.29) is 0 Å². The number of hydrogen-bond acceptors (Lipinski definition) is 6. The molecule has 1 aliphatic heterocycles. The Labute approximate surface area is 126 Å². The maximum Gasteiger partial charge on any atom is 0.248 e. The van der Waals surface area contributed by atoms with Gasteiger partial charge in [0.1, 0.15) is 12.3 Å². The van der Waals surface area contributed by atoms with Gasteiger partial charge in [-0.3, -0.25) is 5.01 Å². The first-order valence-corrected chi connectivity index (χ1v) is 6.74. The SMILES string of the molecule is COc1ccc(-c2noc(CN3CC=C(Cl)C=N3)n2)cc1. The highest BCUT2D eigenvalue weighted by Gasteiger charge is 2.13. The van der Waals surface area contributed by atoms with E-state index in [1.165, 1.54) is 0 Å². The van der Waals surface area contributed by atoms with Gasteiger partial charge in [0, 0.05) is 5.56 Å². The molecule has 0 amide bonds. The Morgan fingerprint density at radius 3 is 2.81 bits per heavy atom. The lowest BCUT2D eigenvalue weighted by Gasteiger charge is -2.17. The van der Waals surface area contributed by atoms with Gasteiger partial charge in [-0.15, -0.1) is 0 Å². The predicted molar refractivity (Wildman–Crippen MR) is 79.1 cm³/mol. The molecule has 6 nitrogen and oxygen atoms in total. The molecule has 21 heavy (non-hydrogen) atoms. The first-order chi connectivity index (χ1) is 10.2. The summed E-state index contributed by atoms with van der Waals surface area (Å²) in [7, 11) is 1.63. The fourth-order valence-corrected chi connectivity index (χ4v) is 1.98. The highest BCUT2D eigenvalue weighted by Crippen LogP contribution is 2.20. The van der Waals surface area contributed by atoms with Gasteiger partial charge in [-0.2, -0.15) is 10.1 Å². The van der Waals surface area contributed by atoms with E-state index in [0.717, 1.165) is 11.3 Å². The first-order valence-electron chi connectivity index (χ1n) is 6.36. The topological polar surface area (TPSA) is 63.8 Å². The van der Waals surface area contributed by atoms with Gasteiger partial charge in [0.25, 0.3) is 0 Å². The number of ether oxygens (including phenoxy) is 1. The van der Waals surface area contributed by atoms with Crippen molar-refractivity contribution in [1.29, 1.82) is 0 Å². The quantitative estimate of drug-likeness (QED) is 0.869. The highest BCUT2D eigenvalue weighted by atomic mass is 35.5. The van der Waals surface area contributed by atoms with Crippen LogP contribution >= 0.6 is 11.6 Å². The molecule has 1 aromatic carbocycles. The van der Waals surface area contributed by atoms with Gasteiger partial charge in [-0.1, -0.05) is 16.8 Å². The van der Waals surface area contributed by atoms with Crippen molar-refractivity contribution in [2.24, 2.45) is 5.10 Å². The van der Waals surface area contributed by atoms with Crippen LogP contribution in [0.15, 0.2) is 45.0 Å². The molecule has 0 saturated carbocycles. The summed E-state index contributed by atoms with van der Waals surface area (Å²) in [5.74, 6) is 1.83. The van der Waals surface area contributed by atoms with Crippen LogP contribution in [0.25, 0.3) is 11.4 Å². The summed E-state index contributed by atoms with van der Waals surface area (Å²) in [5.41, 5.74) is 0.871. The molecule has 1 aromatic heterocycles. The number of hydrogen-bond donors (Lipinski definition) is 0. The Morgan fingerprint density at radius 2 is 2.14 bits per heavy atom.